The molecule has 5 rings (SSSR count). The molecule has 1 saturated carbocycles. The fourth-order valence-corrected chi connectivity index (χ4v) is 6.72. The van der Waals surface area contributed by atoms with E-state index in [2.05, 4.69) is 30.9 Å². The minimum absolute atomic E-state index is 0.0389. The molecule has 3 aromatic rings. The number of pyridine rings is 1. The van der Waals surface area contributed by atoms with Crippen LogP contribution in [0, 0.1) is 25.1 Å². The summed E-state index contributed by atoms with van der Waals surface area (Å²) in [6.45, 7) is 10.5. The average molecular weight is 545 g/mol. The molecule has 212 valence electrons. The van der Waals surface area contributed by atoms with Crippen LogP contribution in [-0.2, 0) is 16.6 Å². The van der Waals surface area contributed by atoms with Gasteiger partial charge in [-0.25, -0.2) is 4.39 Å². The second-order valence-electron chi connectivity index (χ2n) is 12.5. The Labute approximate surface area is 237 Å². The molecule has 40 heavy (non-hydrogen) atoms. The van der Waals surface area contributed by atoms with Gasteiger partial charge in [0.15, 0.2) is 0 Å². The molecular formula is C34H41FN2O3. The van der Waals surface area contributed by atoms with Crippen LogP contribution in [0.2, 0.25) is 0 Å². The Kier molecular flexibility index (Phi) is 7.89. The van der Waals surface area contributed by atoms with E-state index < -0.39 is 5.97 Å². The van der Waals surface area contributed by atoms with Crippen molar-refractivity contribution < 1.29 is 19.0 Å². The number of ether oxygens (including phenoxy) is 1. The highest BCUT2D eigenvalue weighted by atomic mass is 19.1. The smallest absolute Gasteiger partial charge is 0.307 e. The number of hydrogen-bond donors (Lipinski definition) is 1. The van der Waals surface area contributed by atoms with Crippen molar-refractivity contribution in [3.63, 3.8) is 0 Å². The normalized spacial score (nSPS) is 16.9. The first-order chi connectivity index (χ1) is 19.1. The summed E-state index contributed by atoms with van der Waals surface area (Å²) < 4.78 is 19.6. The molecule has 2 heterocycles. The monoisotopic (exact) mass is 544 g/mol. The first kappa shape index (κ1) is 28.1. The quantitative estimate of drug-likeness (QED) is 0.316. The summed E-state index contributed by atoms with van der Waals surface area (Å²) in [6, 6.07) is 14.6. The predicted octanol–water partition coefficient (Wildman–Crippen LogP) is 7.65. The summed E-state index contributed by atoms with van der Waals surface area (Å²) in [5.74, 6) is -0.326. The van der Waals surface area contributed by atoms with Gasteiger partial charge in [-0.05, 0) is 80.3 Å². The van der Waals surface area contributed by atoms with Gasteiger partial charge in [-0.15, -0.1) is 0 Å². The van der Waals surface area contributed by atoms with Crippen molar-refractivity contribution in [2.75, 3.05) is 24.6 Å². The zero-order valence-electron chi connectivity index (χ0n) is 24.2. The maximum absolute atomic E-state index is 13.4. The maximum atomic E-state index is 13.4. The third kappa shape index (κ3) is 5.86. The molecule has 0 radical (unpaired) electrons. The van der Waals surface area contributed by atoms with Crippen molar-refractivity contribution in [3.8, 4) is 16.9 Å². The molecule has 2 aliphatic rings. The van der Waals surface area contributed by atoms with Gasteiger partial charge in [0.05, 0.1) is 18.7 Å². The van der Waals surface area contributed by atoms with Gasteiger partial charge in [0.1, 0.15) is 11.6 Å². The number of carboxylic acids is 1. The van der Waals surface area contributed by atoms with Crippen molar-refractivity contribution in [2.45, 2.75) is 78.1 Å². The molecule has 5 nitrogen and oxygen atoms in total. The predicted molar refractivity (Wildman–Crippen MR) is 158 cm³/mol. The number of carboxylic acid groups (broad SMARTS) is 1. The van der Waals surface area contributed by atoms with Crippen molar-refractivity contribution in [1.82, 2.24) is 4.98 Å². The van der Waals surface area contributed by atoms with Crippen LogP contribution in [0.1, 0.15) is 74.9 Å². The second-order valence-corrected chi connectivity index (χ2v) is 12.5. The average Bonchev–Trinajstić information content (AvgIpc) is 3.38. The molecule has 1 saturated heterocycles. The lowest BCUT2D eigenvalue weighted by Gasteiger charge is -2.42. The lowest BCUT2D eigenvalue weighted by atomic mass is 9.76. The molecule has 0 unspecified atom stereocenters. The minimum Gasteiger partial charge on any atom is -0.493 e. The van der Waals surface area contributed by atoms with Crippen LogP contribution in [0.3, 0.4) is 0 Å². The Balaban J connectivity index is 1.42. The van der Waals surface area contributed by atoms with Crippen LogP contribution >= 0.6 is 0 Å². The summed E-state index contributed by atoms with van der Waals surface area (Å²) in [5.41, 5.74) is 6.79. The summed E-state index contributed by atoms with van der Waals surface area (Å²) in [6.07, 6.45) is 7.60. The van der Waals surface area contributed by atoms with Crippen LogP contribution < -0.4 is 9.64 Å². The van der Waals surface area contributed by atoms with E-state index in [1.165, 1.54) is 37.8 Å². The number of hydrogen-bond acceptors (Lipinski definition) is 4. The Morgan fingerprint density at radius 1 is 0.975 bits per heavy atom. The van der Waals surface area contributed by atoms with E-state index in [0.717, 1.165) is 71.0 Å². The number of benzene rings is 2. The van der Waals surface area contributed by atoms with Gasteiger partial charge < -0.3 is 14.7 Å². The Morgan fingerprint density at radius 2 is 1.60 bits per heavy atom. The molecular weight excluding hydrogens is 503 g/mol. The highest BCUT2D eigenvalue weighted by molar-refractivity contribution is 5.86. The van der Waals surface area contributed by atoms with E-state index >= 15 is 0 Å². The number of nitrogens with zero attached hydrogens (tertiary/aromatic N) is 2. The van der Waals surface area contributed by atoms with Gasteiger partial charge in [-0.3, -0.25) is 9.78 Å². The number of rotatable bonds is 8. The van der Waals surface area contributed by atoms with Crippen LogP contribution in [-0.4, -0.2) is 35.8 Å². The molecule has 6 heteroatoms. The van der Waals surface area contributed by atoms with Crippen molar-refractivity contribution in [2.24, 2.45) is 5.41 Å². The molecule has 1 aromatic heterocycles. The number of aromatic nitrogens is 1. The molecule has 1 spiro atoms. The van der Waals surface area contributed by atoms with E-state index in [1.54, 1.807) is 12.1 Å². The van der Waals surface area contributed by atoms with Gasteiger partial charge in [0.2, 0.25) is 0 Å². The summed E-state index contributed by atoms with van der Waals surface area (Å²) >= 11 is 0. The third-order valence-corrected chi connectivity index (χ3v) is 9.16. The zero-order valence-corrected chi connectivity index (χ0v) is 24.2. The second kappa shape index (κ2) is 11.2. The van der Waals surface area contributed by atoms with E-state index in [4.69, 9.17) is 9.72 Å². The largest absolute Gasteiger partial charge is 0.493 e. The van der Waals surface area contributed by atoms with E-state index in [1.807, 2.05) is 26.0 Å². The van der Waals surface area contributed by atoms with E-state index in [0.29, 0.717) is 12.0 Å². The number of halogens is 1. The lowest BCUT2D eigenvalue weighted by molar-refractivity contribution is -0.136. The minimum atomic E-state index is -0.835. The van der Waals surface area contributed by atoms with Gasteiger partial charge in [-0.2, -0.15) is 0 Å². The summed E-state index contributed by atoms with van der Waals surface area (Å²) in [7, 11) is 0. The van der Waals surface area contributed by atoms with Gasteiger partial charge >= 0.3 is 5.97 Å². The number of aryl methyl sites for hydroxylation is 2. The fraction of sp³-hybridized carbons (Fsp3) is 0.471. The number of anilines is 1. The fourth-order valence-electron chi connectivity index (χ4n) is 6.72. The van der Waals surface area contributed by atoms with Gasteiger partial charge in [-0.1, -0.05) is 51.0 Å². The van der Waals surface area contributed by atoms with Crippen molar-refractivity contribution in [3.05, 3.63) is 76.9 Å². The first-order valence-corrected chi connectivity index (χ1v) is 14.5. The molecule has 1 aliphatic carbocycles. The number of carbonyl (C=O) groups is 1. The van der Waals surface area contributed by atoms with E-state index in [-0.39, 0.29) is 17.7 Å². The standard InChI is InChI=1S/C34H41FN2O3/c1-23-29(21-30(38)39)32(37-19-17-34(18-20-37)15-5-6-16-34)31(24(2)36-23)25-7-13-28(14-8-25)40-22-33(3,4)26-9-11-27(35)12-10-26/h7-14H,5-6,15-22H2,1-4H3,(H,38,39). The SMILES string of the molecule is Cc1nc(C)c(-c2ccc(OCC(C)(C)c3ccc(F)cc3)cc2)c(N2CCC3(CCCC3)CC2)c1CC(=O)O. The Hall–Kier alpha value is -3.41. The Morgan fingerprint density at radius 3 is 2.20 bits per heavy atom. The topological polar surface area (TPSA) is 62.7 Å². The molecule has 0 atom stereocenters. The molecule has 1 N–H and O–H groups in total. The third-order valence-electron chi connectivity index (χ3n) is 9.16. The van der Waals surface area contributed by atoms with Gasteiger partial charge in [0.25, 0.3) is 0 Å². The zero-order chi connectivity index (χ0) is 28.5. The molecule has 2 fully saturated rings. The molecule has 1 aliphatic heterocycles. The Bertz CT molecular complexity index is 1350. The van der Waals surface area contributed by atoms with Gasteiger partial charge in [0, 0.05) is 41.0 Å². The van der Waals surface area contributed by atoms with E-state index in [9.17, 15) is 14.3 Å². The first-order valence-electron chi connectivity index (χ1n) is 14.5. The molecule has 0 bridgehead atoms. The van der Waals surface area contributed by atoms with Crippen LogP contribution in [0.4, 0.5) is 10.1 Å². The van der Waals surface area contributed by atoms with Crippen molar-refractivity contribution in [1.29, 1.82) is 0 Å². The molecule has 2 aromatic carbocycles. The maximum Gasteiger partial charge on any atom is 0.307 e. The lowest BCUT2D eigenvalue weighted by Crippen LogP contribution is -2.40. The highest BCUT2D eigenvalue weighted by Crippen LogP contribution is 2.48. The van der Waals surface area contributed by atoms with Crippen LogP contribution in [0.25, 0.3) is 11.1 Å². The number of aliphatic carboxylic acids is 1. The van der Waals surface area contributed by atoms with Crippen molar-refractivity contribution >= 4 is 11.7 Å². The van der Waals surface area contributed by atoms with Crippen LogP contribution in [0.15, 0.2) is 48.5 Å². The number of piperidine rings is 1. The molecule has 0 amide bonds. The summed E-state index contributed by atoms with van der Waals surface area (Å²) in [4.78, 5) is 19.2. The van der Waals surface area contributed by atoms with Crippen LogP contribution in [0.5, 0.6) is 5.75 Å². The highest BCUT2D eigenvalue weighted by Gasteiger charge is 2.38. The summed E-state index contributed by atoms with van der Waals surface area (Å²) in [5, 5.41) is 9.79.